The Morgan fingerprint density at radius 3 is 1.43 bits per heavy atom. The number of hydrogen-bond acceptors (Lipinski definition) is 13. The molecular formula is C30H42N10O13. The molecule has 0 aliphatic carbocycles. The molecule has 290 valence electrons. The molecule has 10 amide bonds. The van der Waals surface area contributed by atoms with Crippen molar-refractivity contribution in [1.82, 2.24) is 42.5 Å². The third-order valence-electron chi connectivity index (χ3n) is 7.35. The van der Waals surface area contributed by atoms with E-state index in [2.05, 4.69) is 42.5 Å². The monoisotopic (exact) mass is 750 g/mol. The topological polar surface area (TPSA) is 380 Å². The molecule has 1 heterocycles. The number of aliphatic hydroxyl groups is 2. The van der Waals surface area contributed by atoms with Crippen LogP contribution >= 0.6 is 0 Å². The molecule has 2 rings (SSSR count). The number of aliphatic hydroxyl groups excluding tert-OH is 2. The first-order valence-electron chi connectivity index (χ1n) is 15.9. The summed E-state index contributed by atoms with van der Waals surface area (Å²) in [5, 5.41) is 46.7. The second-order valence-electron chi connectivity index (χ2n) is 11.7. The van der Waals surface area contributed by atoms with Crippen molar-refractivity contribution in [3.05, 3.63) is 29.8 Å². The molecule has 1 aliphatic heterocycles. The minimum atomic E-state index is -1.74. The number of amides is 10. The standard InChI is InChI=1S/C30H42N10O13/c1-13-25(48)40-20(12-42)30(53)39-18(8-22(32)45)27(50)34-10-24(47)36-19(11-41)29(52)37-16(6-14-2-4-15(43)5-3-14)28(51)38-17(7-21(31)44)26(49)33-9-23(46)35-13/h2-5,13,16-20,41-43H,6-12H2,1H3,(H2,31,44)(H2,32,45)(H,33,49)(H,34,50)(H,35,46)(H,36,47)(H,37,52)(H,38,51)(H,39,53)(H,40,48)/t13-,16-,17-,18-,19-,20-/m0/s1. The van der Waals surface area contributed by atoms with Crippen molar-refractivity contribution in [2.45, 2.75) is 62.4 Å². The zero-order valence-electron chi connectivity index (χ0n) is 28.3. The molecule has 1 aliphatic rings. The number of hydrogen-bond donors (Lipinski definition) is 13. The van der Waals surface area contributed by atoms with Gasteiger partial charge in [-0.3, -0.25) is 47.9 Å². The Balaban J connectivity index is 2.46. The van der Waals surface area contributed by atoms with E-state index in [1.807, 2.05) is 0 Å². The first-order chi connectivity index (χ1) is 24.9. The average molecular weight is 751 g/mol. The van der Waals surface area contributed by atoms with Crippen molar-refractivity contribution in [1.29, 1.82) is 0 Å². The van der Waals surface area contributed by atoms with Crippen LogP contribution in [0, 0.1) is 0 Å². The molecule has 1 fully saturated rings. The maximum atomic E-state index is 13.5. The normalized spacial score (nSPS) is 24.7. The smallest absolute Gasteiger partial charge is 0.245 e. The van der Waals surface area contributed by atoms with E-state index >= 15 is 0 Å². The number of benzene rings is 1. The average Bonchev–Trinajstić information content (AvgIpc) is 3.09. The summed E-state index contributed by atoms with van der Waals surface area (Å²) in [4.78, 5) is 127. The quantitative estimate of drug-likeness (QED) is 0.118. The summed E-state index contributed by atoms with van der Waals surface area (Å²) in [7, 11) is 0. The molecule has 1 aromatic rings. The van der Waals surface area contributed by atoms with Gasteiger partial charge in [-0.2, -0.15) is 0 Å². The van der Waals surface area contributed by atoms with E-state index in [-0.39, 0.29) is 12.2 Å². The van der Waals surface area contributed by atoms with E-state index in [9.17, 15) is 63.3 Å². The van der Waals surface area contributed by atoms with Crippen molar-refractivity contribution in [3.63, 3.8) is 0 Å². The maximum Gasteiger partial charge on any atom is 0.245 e. The highest BCUT2D eigenvalue weighted by Gasteiger charge is 2.32. The molecule has 0 aromatic heterocycles. The van der Waals surface area contributed by atoms with Crippen LogP contribution in [0.2, 0.25) is 0 Å². The molecule has 15 N–H and O–H groups in total. The van der Waals surface area contributed by atoms with Gasteiger partial charge in [-0.25, -0.2) is 0 Å². The number of nitrogens with two attached hydrogens (primary N) is 2. The number of carbonyl (C=O) groups excluding carboxylic acids is 10. The zero-order chi connectivity index (χ0) is 39.8. The SMILES string of the molecule is C[C@@H]1NC(=O)CNC(=O)[C@H](CC(N)=O)NC(=O)[C@H](Cc2ccc(O)cc2)NC(=O)[C@H](CO)NC(=O)CNC(=O)[C@H](CC(N)=O)NC(=O)[C@H](CO)NC1=O. The zero-order valence-corrected chi connectivity index (χ0v) is 28.3. The summed E-state index contributed by atoms with van der Waals surface area (Å²) in [5.74, 6) is -10.9. The van der Waals surface area contributed by atoms with E-state index in [1.54, 1.807) is 0 Å². The summed E-state index contributed by atoms with van der Waals surface area (Å²) >= 11 is 0. The first kappa shape index (κ1) is 42.8. The number of aromatic hydroxyl groups is 1. The van der Waals surface area contributed by atoms with Gasteiger partial charge in [0, 0.05) is 6.42 Å². The molecule has 0 bridgehead atoms. The van der Waals surface area contributed by atoms with E-state index in [4.69, 9.17) is 11.5 Å². The van der Waals surface area contributed by atoms with Gasteiger partial charge in [0.15, 0.2) is 0 Å². The van der Waals surface area contributed by atoms with Crippen molar-refractivity contribution >= 4 is 59.1 Å². The van der Waals surface area contributed by atoms with Crippen LogP contribution in [0.25, 0.3) is 0 Å². The fourth-order valence-electron chi connectivity index (χ4n) is 4.58. The minimum Gasteiger partial charge on any atom is -0.508 e. The van der Waals surface area contributed by atoms with Gasteiger partial charge in [0.2, 0.25) is 59.1 Å². The van der Waals surface area contributed by atoms with E-state index in [1.165, 1.54) is 31.2 Å². The maximum absolute atomic E-state index is 13.5. The number of phenols is 1. The number of primary amides is 2. The van der Waals surface area contributed by atoms with Gasteiger partial charge in [-0.05, 0) is 24.6 Å². The Labute approximate surface area is 300 Å². The van der Waals surface area contributed by atoms with Crippen LogP contribution in [0.3, 0.4) is 0 Å². The van der Waals surface area contributed by atoms with Gasteiger partial charge in [0.1, 0.15) is 42.0 Å². The summed E-state index contributed by atoms with van der Waals surface area (Å²) in [5.41, 5.74) is 10.8. The van der Waals surface area contributed by atoms with Gasteiger partial charge >= 0.3 is 0 Å². The largest absolute Gasteiger partial charge is 0.508 e. The highest BCUT2D eigenvalue weighted by atomic mass is 16.3. The number of phenolic OH excluding ortho intramolecular Hbond substituents is 1. The van der Waals surface area contributed by atoms with Gasteiger partial charge in [0.05, 0.1) is 39.1 Å². The summed E-state index contributed by atoms with van der Waals surface area (Å²) in [6.07, 6.45) is -1.86. The van der Waals surface area contributed by atoms with E-state index in [0.717, 1.165) is 0 Å². The van der Waals surface area contributed by atoms with Crippen LogP contribution in [0.4, 0.5) is 0 Å². The Hall–Kier alpha value is -6.36. The Morgan fingerprint density at radius 2 is 0.981 bits per heavy atom. The van der Waals surface area contributed by atoms with Crippen molar-refractivity contribution in [3.8, 4) is 5.75 Å². The fraction of sp³-hybridized carbons (Fsp3) is 0.467. The van der Waals surface area contributed by atoms with E-state index < -0.39 is 134 Å². The highest BCUT2D eigenvalue weighted by molar-refractivity contribution is 5.99. The van der Waals surface area contributed by atoms with Crippen molar-refractivity contribution in [2.75, 3.05) is 26.3 Å². The molecule has 23 heteroatoms. The molecule has 0 saturated carbocycles. The number of nitrogens with one attached hydrogen (secondary N) is 8. The lowest BCUT2D eigenvalue weighted by molar-refractivity contribution is -0.136. The van der Waals surface area contributed by atoms with Gasteiger partial charge < -0.3 is 69.3 Å². The molecule has 6 atom stereocenters. The Bertz CT molecular complexity index is 1570. The van der Waals surface area contributed by atoms with Crippen LogP contribution in [0.1, 0.15) is 25.3 Å². The molecule has 0 spiro atoms. The van der Waals surface area contributed by atoms with Crippen molar-refractivity contribution in [2.24, 2.45) is 11.5 Å². The minimum absolute atomic E-state index is 0.124. The molecule has 23 nitrogen and oxygen atoms in total. The number of carbonyl (C=O) groups is 10. The molecule has 53 heavy (non-hydrogen) atoms. The van der Waals surface area contributed by atoms with E-state index in [0.29, 0.717) is 5.56 Å². The van der Waals surface area contributed by atoms with Gasteiger partial charge in [-0.15, -0.1) is 0 Å². The second kappa shape index (κ2) is 20.5. The molecular weight excluding hydrogens is 708 g/mol. The highest BCUT2D eigenvalue weighted by Crippen LogP contribution is 2.12. The summed E-state index contributed by atoms with van der Waals surface area (Å²) in [6.45, 7) is -2.55. The fourth-order valence-corrected chi connectivity index (χ4v) is 4.58. The van der Waals surface area contributed by atoms with Crippen molar-refractivity contribution < 1.29 is 63.3 Å². The van der Waals surface area contributed by atoms with Crippen LogP contribution in [-0.2, 0) is 54.4 Å². The third-order valence-corrected chi connectivity index (χ3v) is 7.35. The Morgan fingerprint density at radius 1 is 0.585 bits per heavy atom. The lowest BCUT2D eigenvalue weighted by Gasteiger charge is -2.25. The van der Waals surface area contributed by atoms with Gasteiger partial charge in [-0.1, -0.05) is 12.1 Å². The molecule has 0 unspecified atom stereocenters. The van der Waals surface area contributed by atoms with Crippen LogP contribution in [0.5, 0.6) is 5.75 Å². The first-order valence-corrected chi connectivity index (χ1v) is 15.9. The van der Waals surface area contributed by atoms with Crippen LogP contribution in [-0.4, -0.2) is 137 Å². The van der Waals surface area contributed by atoms with Crippen LogP contribution < -0.4 is 54.0 Å². The van der Waals surface area contributed by atoms with Crippen LogP contribution in [0.15, 0.2) is 24.3 Å². The Kier molecular flexibility index (Phi) is 16.5. The molecule has 0 radical (unpaired) electrons. The lowest BCUT2D eigenvalue weighted by Crippen LogP contribution is -2.60. The van der Waals surface area contributed by atoms with Gasteiger partial charge in [0.25, 0.3) is 0 Å². The molecule has 1 saturated heterocycles. The summed E-state index contributed by atoms with van der Waals surface area (Å²) < 4.78 is 0. The lowest BCUT2D eigenvalue weighted by atomic mass is 10.0. The number of rotatable bonds is 8. The predicted molar refractivity (Wildman–Crippen MR) is 177 cm³/mol. The second-order valence-corrected chi connectivity index (χ2v) is 11.7. The third kappa shape index (κ3) is 14.4. The molecule has 1 aromatic carbocycles. The predicted octanol–water partition coefficient (Wildman–Crippen LogP) is -8.16. The summed E-state index contributed by atoms with van der Waals surface area (Å²) in [6, 6.07) is -4.46.